The molecule has 24 heavy (non-hydrogen) atoms. The Morgan fingerprint density at radius 1 is 1.21 bits per heavy atom. The van der Waals surface area contributed by atoms with Crippen LogP contribution >= 0.6 is 15.9 Å². The third-order valence-corrected chi connectivity index (χ3v) is 3.65. The van der Waals surface area contributed by atoms with Crippen LogP contribution in [0.4, 0.5) is 10.1 Å². The molecule has 2 aromatic carbocycles. The van der Waals surface area contributed by atoms with Gasteiger partial charge in [0.05, 0.1) is 6.54 Å². The summed E-state index contributed by atoms with van der Waals surface area (Å²) < 4.78 is 13.7. The van der Waals surface area contributed by atoms with Crippen molar-refractivity contribution in [3.8, 4) is 0 Å². The highest BCUT2D eigenvalue weighted by Crippen LogP contribution is 2.13. The summed E-state index contributed by atoms with van der Waals surface area (Å²) in [6, 6.07) is 12.9. The van der Waals surface area contributed by atoms with Gasteiger partial charge in [-0.2, -0.15) is 0 Å². The number of hydrogen-bond donors (Lipinski definition) is 1. The number of benzene rings is 2. The first-order valence-corrected chi connectivity index (χ1v) is 7.97. The van der Waals surface area contributed by atoms with Crippen molar-refractivity contribution >= 4 is 39.5 Å². The minimum absolute atomic E-state index is 0.0982. The van der Waals surface area contributed by atoms with Crippen molar-refractivity contribution < 1.29 is 14.0 Å². The van der Waals surface area contributed by atoms with Gasteiger partial charge in [0.2, 0.25) is 11.8 Å². The average Bonchev–Trinajstić information content (AvgIpc) is 2.54. The van der Waals surface area contributed by atoms with Gasteiger partial charge in [-0.15, -0.1) is 0 Å². The zero-order valence-electron chi connectivity index (χ0n) is 13.0. The van der Waals surface area contributed by atoms with Crippen LogP contribution in [0.15, 0.2) is 59.1 Å². The molecular formula is C18H16BrFN2O2. The van der Waals surface area contributed by atoms with E-state index < -0.39 is 0 Å². The Hall–Kier alpha value is -2.47. The minimum atomic E-state index is -0.377. The maximum atomic E-state index is 12.8. The van der Waals surface area contributed by atoms with E-state index in [1.807, 2.05) is 24.3 Å². The molecule has 0 heterocycles. The maximum Gasteiger partial charge on any atom is 0.246 e. The molecule has 0 fully saturated rings. The Morgan fingerprint density at radius 3 is 2.58 bits per heavy atom. The lowest BCUT2D eigenvalue weighted by atomic mass is 10.2. The van der Waals surface area contributed by atoms with Crippen LogP contribution in [0.2, 0.25) is 0 Å². The van der Waals surface area contributed by atoms with E-state index in [2.05, 4.69) is 21.2 Å². The zero-order valence-corrected chi connectivity index (χ0v) is 14.6. The van der Waals surface area contributed by atoms with Crippen LogP contribution in [0.3, 0.4) is 0 Å². The summed E-state index contributed by atoms with van der Waals surface area (Å²) in [5.41, 5.74) is 1.36. The third-order valence-electron chi connectivity index (χ3n) is 3.15. The second-order valence-electron chi connectivity index (χ2n) is 5.14. The summed E-state index contributed by atoms with van der Waals surface area (Å²) >= 11 is 3.36. The highest BCUT2D eigenvalue weighted by molar-refractivity contribution is 9.10. The maximum absolute atomic E-state index is 12.8. The molecule has 0 bridgehead atoms. The van der Waals surface area contributed by atoms with Crippen LogP contribution in [-0.2, 0) is 9.59 Å². The summed E-state index contributed by atoms with van der Waals surface area (Å²) in [5.74, 6) is -1.02. The molecule has 0 unspecified atom stereocenters. The van der Waals surface area contributed by atoms with Gasteiger partial charge < -0.3 is 10.2 Å². The summed E-state index contributed by atoms with van der Waals surface area (Å²) in [6.45, 7) is -0.0982. The fourth-order valence-electron chi connectivity index (χ4n) is 1.93. The predicted molar refractivity (Wildman–Crippen MR) is 95.8 cm³/mol. The number of nitrogens with zero attached hydrogens (tertiary/aromatic N) is 1. The van der Waals surface area contributed by atoms with Gasteiger partial charge in [0.15, 0.2) is 0 Å². The molecule has 2 aromatic rings. The first kappa shape index (κ1) is 17.9. The van der Waals surface area contributed by atoms with Gasteiger partial charge in [-0.1, -0.05) is 28.1 Å². The zero-order chi connectivity index (χ0) is 17.5. The molecule has 0 aliphatic carbocycles. The molecule has 0 atom stereocenters. The van der Waals surface area contributed by atoms with Crippen LogP contribution in [0.1, 0.15) is 5.56 Å². The third kappa shape index (κ3) is 5.62. The van der Waals surface area contributed by atoms with Crippen molar-refractivity contribution in [1.29, 1.82) is 0 Å². The molecule has 0 saturated heterocycles. The number of nitrogens with one attached hydrogen (secondary N) is 1. The van der Waals surface area contributed by atoms with Gasteiger partial charge >= 0.3 is 0 Å². The molecule has 0 saturated carbocycles. The molecule has 4 nitrogen and oxygen atoms in total. The van der Waals surface area contributed by atoms with Crippen molar-refractivity contribution in [2.75, 3.05) is 18.9 Å². The predicted octanol–water partition coefficient (Wildman–Crippen LogP) is 3.70. The van der Waals surface area contributed by atoms with Crippen LogP contribution in [0.25, 0.3) is 6.08 Å². The molecule has 6 heteroatoms. The second-order valence-corrected chi connectivity index (χ2v) is 6.05. The lowest BCUT2D eigenvalue weighted by Gasteiger charge is -2.14. The minimum Gasteiger partial charge on any atom is -0.333 e. The molecule has 0 aromatic heterocycles. The van der Waals surface area contributed by atoms with E-state index in [-0.39, 0.29) is 24.2 Å². The van der Waals surface area contributed by atoms with Gasteiger partial charge in [0.25, 0.3) is 0 Å². The van der Waals surface area contributed by atoms with Crippen molar-refractivity contribution in [3.63, 3.8) is 0 Å². The smallest absolute Gasteiger partial charge is 0.246 e. The van der Waals surface area contributed by atoms with E-state index >= 15 is 0 Å². The summed E-state index contributed by atoms with van der Waals surface area (Å²) in [5, 5.41) is 2.61. The topological polar surface area (TPSA) is 49.4 Å². The summed E-state index contributed by atoms with van der Waals surface area (Å²) in [7, 11) is 1.54. The number of rotatable bonds is 5. The monoisotopic (exact) mass is 390 g/mol. The second kappa shape index (κ2) is 8.40. The standard InChI is InChI=1S/C18H16BrFN2O2/c1-22(12-17(23)21-16-8-6-15(20)7-9-16)18(24)10-5-13-3-2-4-14(19)11-13/h2-11H,12H2,1H3,(H,21,23)/b10-5+. The molecule has 124 valence electrons. The van der Waals surface area contributed by atoms with Gasteiger partial charge in [0.1, 0.15) is 5.82 Å². The molecule has 0 spiro atoms. The number of likely N-dealkylation sites (N-methyl/N-ethyl adjacent to an activating group) is 1. The van der Waals surface area contributed by atoms with Gasteiger partial charge in [-0.25, -0.2) is 4.39 Å². The Kier molecular flexibility index (Phi) is 6.26. The van der Waals surface area contributed by atoms with E-state index in [0.29, 0.717) is 5.69 Å². The first-order chi connectivity index (χ1) is 11.4. The van der Waals surface area contributed by atoms with Crippen LogP contribution < -0.4 is 5.32 Å². The van der Waals surface area contributed by atoms with Crippen molar-refractivity contribution in [1.82, 2.24) is 4.90 Å². The Morgan fingerprint density at radius 2 is 1.92 bits per heavy atom. The van der Waals surface area contributed by atoms with Crippen molar-refractivity contribution in [2.24, 2.45) is 0 Å². The van der Waals surface area contributed by atoms with E-state index in [1.54, 1.807) is 6.08 Å². The highest BCUT2D eigenvalue weighted by atomic mass is 79.9. The average molecular weight is 391 g/mol. The molecule has 0 aliphatic heterocycles. The van der Waals surface area contributed by atoms with Crippen molar-refractivity contribution in [3.05, 3.63) is 70.5 Å². The fraction of sp³-hybridized carbons (Fsp3) is 0.111. The van der Waals surface area contributed by atoms with E-state index in [9.17, 15) is 14.0 Å². The lowest BCUT2D eigenvalue weighted by molar-refractivity contribution is -0.129. The number of amides is 2. The number of halogens is 2. The first-order valence-electron chi connectivity index (χ1n) is 7.18. The van der Waals surface area contributed by atoms with E-state index in [4.69, 9.17) is 0 Å². The fourth-order valence-corrected chi connectivity index (χ4v) is 2.35. The molecule has 0 radical (unpaired) electrons. The van der Waals surface area contributed by atoms with Crippen molar-refractivity contribution in [2.45, 2.75) is 0 Å². The molecule has 2 rings (SSSR count). The summed E-state index contributed by atoms with van der Waals surface area (Å²) in [6.07, 6.45) is 3.09. The number of anilines is 1. The Bertz CT molecular complexity index is 760. The Balaban J connectivity index is 1.88. The largest absolute Gasteiger partial charge is 0.333 e. The lowest BCUT2D eigenvalue weighted by Crippen LogP contribution is -2.33. The van der Waals surface area contributed by atoms with E-state index in [1.165, 1.54) is 42.3 Å². The quantitative estimate of drug-likeness (QED) is 0.791. The van der Waals surface area contributed by atoms with Gasteiger partial charge in [0, 0.05) is 23.3 Å². The SMILES string of the molecule is CN(CC(=O)Nc1ccc(F)cc1)C(=O)/C=C/c1cccc(Br)c1. The van der Waals surface area contributed by atoms with Crippen LogP contribution in [0.5, 0.6) is 0 Å². The van der Waals surface area contributed by atoms with E-state index in [0.717, 1.165) is 10.0 Å². The Labute approximate surface area is 148 Å². The normalized spacial score (nSPS) is 10.6. The molecule has 2 amide bonds. The number of carbonyl (C=O) groups is 2. The molecule has 1 N–H and O–H groups in total. The van der Waals surface area contributed by atoms with Gasteiger partial charge in [-0.05, 0) is 48.0 Å². The number of carbonyl (C=O) groups excluding carboxylic acids is 2. The molecular weight excluding hydrogens is 375 g/mol. The number of hydrogen-bond acceptors (Lipinski definition) is 2. The molecule has 0 aliphatic rings. The highest BCUT2D eigenvalue weighted by Gasteiger charge is 2.10. The van der Waals surface area contributed by atoms with Gasteiger partial charge in [-0.3, -0.25) is 9.59 Å². The summed E-state index contributed by atoms with van der Waals surface area (Å²) in [4.78, 5) is 25.2. The van der Waals surface area contributed by atoms with Crippen LogP contribution in [-0.4, -0.2) is 30.3 Å². The van der Waals surface area contributed by atoms with Crippen LogP contribution in [0, 0.1) is 5.82 Å².